The molecule has 3 atom stereocenters. The van der Waals surface area contributed by atoms with E-state index in [0.29, 0.717) is 18.4 Å². The Morgan fingerprint density at radius 3 is 2.55 bits per heavy atom. The largest absolute Gasteiger partial charge is 0.339 e. The maximum atomic E-state index is 12.4. The molecular weight excluding hydrogens is 250 g/mol. The monoisotopic (exact) mass is 275 g/mol. The highest BCUT2D eigenvalue weighted by atomic mass is 16.2. The van der Waals surface area contributed by atoms with Crippen LogP contribution in [0.15, 0.2) is 30.3 Å². The van der Waals surface area contributed by atoms with Crippen molar-refractivity contribution in [3.63, 3.8) is 0 Å². The topological polar surface area (TPSA) is 49.6 Å². The van der Waals surface area contributed by atoms with Crippen LogP contribution in [0.25, 0.3) is 0 Å². The molecule has 20 heavy (non-hydrogen) atoms. The maximum Gasteiger partial charge on any atom is 0.239 e. The second-order valence-electron chi connectivity index (χ2n) is 6.05. The van der Waals surface area contributed by atoms with E-state index in [9.17, 15) is 4.79 Å². The number of carbonyl (C=O) groups is 1. The number of benzene rings is 1. The number of likely N-dealkylation sites (tertiary alicyclic amines) is 1. The molecule has 0 aliphatic carbocycles. The van der Waals surface area contributed by atoms with Crippen LogP contribution in [0.2, 0.25) is 0 Å². The summed E-state index contributed by atoms with van der Waals surface area (Å²) in [4.78, 5) is 16.6. The molecule has 0 bridgehead atoms. The fourth-order valence-electron chi connectivity index (χ4n) is 2.99. The quantitative estimate of drug-likeness (QED) is 0.890. The summed E-state index contributed by atoms with van der Waals surface area (Å²) in [7, 11) is 4.14. The van der Waals surface area contributed by atoms with Crippen molar-refractivity contribution < 1.29 is 4.79 Å². The second kappa shape index (κ2) is 6.37. The van der Waals surface area contributed by atoms with Gasteiger partial charge in [-0.1, -0.05) is 37.3 Å². The van der Waals surface area contributed by atoms with Crippen LogP contribution >= 0.6 is 0 Å². The van der Waals surface area contributed by atoms with Gasteiger partial charge in [-0.25, -0.2) is 0 Å². The molecule has 1 saturated heterocycles. The average molecular weight is 275 g/mol. The van der Waals surface area contributed by atoms with E-state index in [1.54, 1.807) is 0 Å². The molecule has 1 fully saturated rings. The lowest BCUT2D eigenvalue weighted by molar-refractivity contribution is -0.131. The highest BCUT2D eigenvalue weighted by molar-refractivity contribution is 5.82. The molecule has 1 aliphatic rings. The van der Waals surface area contributed by atoms with Gasteiger partial charge in [-0.15, -0.1) is 0 Å². The first-order valence-corrected chi connectivity index (χ1v) is 7.23. The van der Waals surface area contributed by atoms with Gasteiger partial charge >= 0.3 is 0 Å². The molecule has 0 radical (unpaired) electrons. The van der Waals surface area contributed by atoms with E-state index in [2.05, 4.69) is 25.9 Å². The number of hydrogen-bond donors (Lipinski definition) is 1. The Bertz CT molecular complexity index is 446. The number of nitrogens with two attached hydrogens (primary N) is 1. The van der Waals surface area contributed by atoms with Gasteiger partial charge in [-0.05, 0) is 32.0 Å². The van der Waals surface area contributed by atoms with Crippen LogP contribution in [0.1, 0.15) is 12.5 Å². The van der Waals surface area contributed by atoms with E-state index < -0.39 is 6.04 Å². The van der Waals surface area contributed by atoms with Gasteiger partial charge in [0.15, 0.2) is 0 Å². The van der Waals surface area contributed by atoms with Crippen molar-refractivity contribution in [1.82, 2.24) is 9.80 Å². The summed E-state index contributed by atoms with van der Waals surface area (Å²) in [5, 5.41) is 0. The minimum Gasteiger partial charge on any atom is -0.339 e. The van der Waals surface area contributed by atoms with Crippen LogP contribution in [0.4, 0.5) is 0 Å². The van der Waals surface area contributed by atoms with E-state index in [1.165, 1.54) is 0 Å². The molecule has 0 saturated carbocycles. The molecule has 2 rings (SSSR count). The fraction of sp³-hybridized carbons (Fsp3) is 0.562. The molecule has 1 aromatic rings. The van der Waals surface area contributed by atoms with Gasteiger partial charge in [0.2, 0.25) is 5.91 Å². The van der Waals surface area contributed by atoms with Crippen molar-refractivity contribution >= 4 is 5.91 Å². The van der Waals surface area contributed by atoms with Crippen LogP contribution in [0.5, 0.6) is 0 Å². The Labute approximate surface area is 121 Å². The third-order valence-electron chi connectivity index (χ3n) is 4.16. The maximum absolute atomic E-state index is 12.4. The van der Waals surface area contributed by atoms with Gasteiger partial charge in [0.1, 0.15) is 0 Å². The number of carbonyl (C=O) groups excluding carboxylic acids is 1. The molecule has 110 valence electrons. The van der Waals surface area contributed by atoms with E-state index in [0.717, 1.165) is 18.7 Å². The van der Waals surface area contributed by atoms with Gasteiger partial charge in [-0.2, -0.15) is 0 Å². The third kappa shape index (κ3) is 3.38. The van der Waals surface area contributed by atoms with Gasteiger partial charge < -0.3 is 15.5 Å². The van der Waals surface area contributed by atoms with Crippen molar-refractivity contribution in [2.45, 2.75) is 25.4 Å². The highest BCUT2D eigenvalue weighted by Crippen LogP contribution is 2.20. The van der Waals surface area contributed by atoms with E-state index in [4.69, 9.17) is 5.73 Å². The van der Waals surface area contributed by atoms with Crippen molar-refractivity contribution in [3.8, 4) is 0 Å². The van der Waals surface area contributed by atoms with E-state index in [1.807, 2.05) is 35.2 Å². The number of rotatable bonds is 4. The molecule has 0 spiro atoms. The first-order chi connectivity index (χ1) is 9.49. The van der Waals surface area contributed by atoms with Gasteiger partial charge in [0, 0.05) is 19.1 Å². The van der Waals surface area contributed by atoms with Crippen LogP contribution in [-0.2, 0) is 11.2 Å². The lowest BCUT2D eigenvalue weighted by Gasteiger charge is -2.23. The molecular formula is C16H25N3O. The molecule has 1 aromatic carbocycles. The normalized spacial score (nSPS) is 24.1. The predicted octanol–water partition coefficient (Wildman–Crippen LogP) is 0.965. The summed E-state index contributed by atoms with van der Waals surface area (Å²) in [6.07, 6.45) is 0.608. The summed E-state index contributed by atoms with van der Waals surface area (Å²) in [5.41, 5.74) is 7.21. The summed E-state index contributed by atoms with van der Waals surface area (Å²) in [6.45, 7) is 3.79. The number of hydrogen-bond acceptors (Lipinski definition) is 3. The molecule has 1 amide bonds. The summed E-state index contributed by atoms with van der Waals surface area (Å²) in [5.74, 6) is 0.572. The van der Waals surface area contributed by atoms with Crippen LogP contribution in [0, 0.1) is 5.92 Å². The molecule has 4 nitrogen and oxygen atoms in total. The van der Waals surface area contributed by atoms with Crippen LogP contribution < -0.4 is 5.73 Å². The van der Waals surface area contributed by atoms with Crippen molar-refractivity contribution in [2.75, 3.05) is 27.2 Å². The molecule has 1 aliphatic heterocycles. The standard InChI is InChI=1S/C16H25N3O/c1-12-10-19(11-15(12)18(2)3)16(20)14(17)9-13-7-5-4-6-8-13/h4-8,12,14-15H,9-11,17H2,1-3H3/t12?,14-,15?/m0/s1. The number of nitrogens with zero attached hydrogens (tertiary/aromatic N) is 2. The smallest absolute Gasteiger partial charge is 0.239 e. The van der Waals surface area contributed by atoms with E-state index in [-0.39, 0.29) is 5.91 Å². The van der Waals surface area contributed by atoms with Crippen molar-refractivity contribution in [1.29, 1.82) is 0 Å². The first kappa shape index (κ1) is 15.0. The Morgan fingerprint density at radius 1 is 1.35 bits per heavy atom. The lowest BCUT2D eigenvalue weighted by Crippen LogP contribution is -2.45. The minimum atomic E-state index is -0.439. The van der Waals surface area contributed by atoms with Crippen LogP contribution in [-0.4, -0.2) is 55.0 Å². The summed E-state index contributed by atoms with van der Waals surface area (Å²) < 4.78 is 0. The van der Waals surface area contributed by atoms with Gasteiger partial charge in [0.25, 0.3) is 0 Å². The Balaban J connectivity index is 1.95. The Hall–Kier alpha value is -1.39. The molecule has 2 unspecified atom stereocenters. The summed E-state index contributed by atoms with van der Waals surface area (Å²) >= 11 is 0. The fourth-order valence-corrected chi connectivity index (χ4v) is 2.99. The number of amides is 1. The zero-order valence-electron chi connectivity index (χ0n) is 12.6. The Morgan fingerprint density at radius 2 is 2.00 bits per heavy atom. The third-order valence-corrected chi connectivity index (χ3v) is 4.16. The summed E-state index contributed by atoms with van der Waals surface area (Å²) in [6, 6.07) is 9.96. The van der Waals surface area contributed by atoms with Gasteiger partial charge in [0.05, 0.1) is 6.04 Å². The minimum absolute atomic E-state index is 0.0741. The molecule has 0 aromatic heterocycles. The van der Waals surface area contributed by atoms with Gasteiger partial charge in [-0.3, -0.25) is 4.79 Å². The lowest BCUT2D eigenvalue weighted by atomic mass is 10.1. The van der Waals surface area contributed by atoms with E-state index >= 15 is 0 Å². The van der Waals surface area contributed by atoms with Crippen molar-refractivity contribution in [2.24, 2.45) is 11.7 Å². The van der Waals surface area contributed by atoms with Crippen LogP contribution in [0.3, 0.4) is 0 Å². The van der Waals surface area contributed by atoms with Crippen molar-refractivity contribution in [3.05, 3.63) is 35.9 Å². The number of likely N-dealkylation sites (N-methyl/N-ethyl adjacent to an activating group) is 1. The first-order valence-electron chi connectivity index (χ1n) is 7.23. The Kier molecular flexibility index (Phi) is 4.78. The SMILES string of the molecule is CC1CN(C(=O)[C@@H](N)Cc2ccccc2)CC1N(C)C. The molecule has 2 N–H and O–H groups in total. The predicted molar refractivity (Wildman–Crippen MR) is 81.3 cm³/mol. The molecule has 4 heteroatoms. The zero-order valence-corrected chi connectivity index (χ0v) is 12.6. The zero-order chi connectivity index (χ0) is 14.7. The average Bonchev–Trinajstić information content (AvgIpc) is 2.81. The second-order valence-corrected chi connectivity index (χ2v) is 6.05. The highest BCUT2D eigenvalue weighted by Gasteiger charge is 2.35. The molecule has 1 heterocycles.